The Hall–Kier alpha value is -4.55. The van der Waals surface area contributed by atoms with Crippen LogP contribution in [0.2, 0.25) is 5.02 Å². The number of rotatable bonds is 4. The zero-order valence-corrected chi connectivity index (χ0v) is 24.4. The van der Waals surface area contributed by atoms with Crippen LogP contribution in [-0.4, -0.2) is 16.8 Å². The van der Waals surface area contributed by atoms with Crippen molar-refractivity contribution in [2.24, 2.45) is 5.41 Å². The average molecular weight is 579 g/mol. The van der Waals surface area contributed by atoms with Gasteiger partial charge < -0.3 is 15.2 Å². The molecule has 0 bridgehead atoms. The first-order valence-electron chi connectivity index (χ1n) is 13.9. The van der Waals surface area contributed by atoms with Gasteiger partial charge in [0.25, 0.3) is 0 Å². The molecule has 1 atom stereocenters. The number of para-hydroxylation sites is 2. The molecule has 0 fully saturated rings. The maximum atomic E-state index is 13.8. The molecule has 42 heavy (non-hydrogen) atoms. The summed E-state index contributed by atoms with van der Waals surface area (Å²) < 4.78 is 6.32. The zero-order valence-electron chi connectivity index (χ0n) is 23.6. The van der Waals surface area contributed by atoms with Gasteiger partial charge in [-0.05, 0) is 53.3 Å². The summed E-state index contributed by atoms with van der Waals surface area (Å²) in [6, 6.07) is 27.3. The van der Waals surface area contributed by atoms with Crippen LogP contribution < -0.4 is 15.0 Å². The fraction of sp³-hybridized carbons (Fsp3) is 0.200. The molecule has 1 heterocycles. The van der Waals surface area contributed by atoms with Gasteiger partial charge in [0.2, 0.25) is 5.91 Å². The van der Waals surface area contributed by atoms with Gasteiger partial charge in [0.15, 0.2) is 5.78 Å². The number of nitrogens with one attached hydrogen (secondary N) is 1. The van der Waals surface area contributed by atoms with E-state index in [0.29, 0.717) is 57.6 Å². The number of hydrogen-bond donors (Lipinski definition) is 2. The van der Waals surface area contributed by atoms with Crippen LogP contribution in [0, 0.1) is 5.41 Å². The molecule has 4 aromatic rings. The molecular weight excluding hydrogens is 548 g/mol. The monoisotopic (exact) mass is 578 g/mol. The number of fused-ring (bicyclic) bond motifs is 1. The predicted octanol–water partition coefficient (Wildman–Crippen LogP) is 8.67. The van der Waals surface area contributed by atoms with E-state index in [0.717, 1.165) is 11.1 Å². The Kier molecular flexibility index (Phi) is 7.03. The molecule has 1 unspecified atom stereocenters. The van der Waals surface area contributed by atoms with E-state index in [2.05, 4.69) is 5.32 Å². The predicted molar refractivity (Wildman–Crippen MR) is 166 cm³/mol. The van der Waals surface area contributed by atoms with Crippen molar-refractivity contribution in [3.63, 3.8) is 0 Å². The molecular formula is C35H31ClN2O4. The number of ether oxygens (including phenoxy) is 1. The summed E-state index contributed by atoms with van der Waals surface area (Å²) in [5.74, 6) is 0.847. The minimum Gasteiger partial charge on any atom is -0.506 e. The molecule has 2 aliphatic rings. The van der Waals surface area contributed by atoms with Gasteiger partial charge in [-0.15, -0.1) is 0 Å². The first-order chi connectivity index (χ1) is 20.1. The second-order valence-corrected chi connectivity index (χ2v) is 12.0. The molecule has 7 heteroatoms. The number of phenolic OH excluding ortho intramolecular Hbond substituents is 1. The van der Waals surface area contributed by atoms with Gasteiger partial charge in [-0.1, -0.05) is 86.1 Å². The smallest absolute Gasteiger partial charge is 0.224 e. The van der Waals surface area contributed by atoms with Crippen LogP contribution in [0.4, 0.5) is 11.4 Å². The number of ketones is 1. The molecule has 0 aromatic heterocycles. The Morgan fingerprint density at radius 3 is 2.45 bits per heavy atom. The van der Waals surface area contributed by atoms with Gasteiger partial charge in [0.1, 0.15) is 22.9 Å². The van der Waals surface area contributed by atoms with E-state index in [1.807, 2.05) is 74.5 Å². The third-order valence-corrected chi connectivity index (χ3v) is 8.14. The fourth-order valence-electron chi connectivity index (χ4n) is 6.02. The van der Waals surface area contributed by atoms with Crippen molar-refractivity contribution in [1.82, 2.24) is 0 Å². The van der Waals surface area contributed by atoms with Crippen LogP contribution in [0.5, 0.6) is 17.2 Å². The highest BCUT2D eigenvalue weighted by Gasteiger charge is 2.43. The van der Waals surface area contributed by atoms with Crippen LogP contribution in [0.3, 0.4) is 0 Å². The number of amides is 1. The molecule has 6 rings (SSSR count). The lowest BCUT2D eigenvalue weighted by molar-refractivity contribution is -0.118. The van der Waals surface area contributed by atoms with Crippen LogP contribution in [-0.2, 0) is 9.59 Å². The van der Waals surface area contributed by atoms with Gasteiger partial charge in [-0.3, -0.25) is 14.5 Å². The van der Waals surface area contributed by atoms with Gasteiger partial charge in [0, 0.05) is 35.2 Å². The highest BCUT2D eigenvalue weighted by atomic mass is 35.5. The highest BCUT2D eigenvalue weighted by Crippen LogP contribution is 2.51. The Morgan fingerprint density at radius 1 is 0.976 bits per heavy atom. The summed E-state index contributed by atoms with van der Waals surface area (Å²) in [7, 11) is 0. The first-order valence-corrected chi connectivity index (χ1v) is 14.3. The summed E-state index contributed by atoms with van der Waals surface area (Å²) in [5.41, 5.74) is 4.29. The van der Waals surface area contributed by atoms with E-state index in [1.165, 1.54) is 6.92 Å². The summed E-state index contributed by atoms with van der Waals surface area (Å²) in [6.07, 6.45) is 0.895. The molecule has 1 amide bonds. The maximum absolute atomic E-state index is 13.8. The largest absolute Gasteiger partial charge is 0.506 e. The zero-order chi connectivity index (χ0) is 29.6. The van der Waals surface area contributed by atoms with E-state index < -0.39 is 6.04 Å². The number of allylic oxidation sites excluding steroid dienone is 1. The minimum absolute atomic E-state index is 0.00555. The lowest BCUT2D eigenvalue weighted by atomic mass is 9.73. The van der Waals surface area contributed by atoms with E-state index in [9.17, 15) is 14.7 Å². The van der Waals surface area contributed by atoms with Crippen molar-refractivity contribution in [1.29, 1.82) is 0 Å². The molecule has 2 N–H and O–H groups in total. The SMILES string of the molecule is CC(=O)N1c2cccc(O)c2NC2=C(C(=O)CC(C)(C)C2)C1c1ccc(Oc2ccccc2-c2ccccc2)cc1Cl. The van der Waals surface area contributed by atoms with Gasteiger partial charge in [-0.2, -0.15) is 0 Å². The van der Waals surface area contributed by atoms with Crippen molar-refractivity contribution in [3.8, 4) is 28.4 Å². The number of hydrogen-bond acceptors (Lipinski definition) is 5. The molecule has 1 aliphatic heterocycles. The summed E-state index contributed by atoms with van der Waals surface area (Å²) in [4.78, 5) is 28.7. The minimum atomic E-state index is -0.796. The Bertz CT molecular complexity index is 1750. The number of Topliss-reactive ketones (excluding diaryl/α,β-unsaturated/α-hetero) is 1. The normalized spacial score (nSPS) is 17.6. The number of phenols is 1. The fourth-order valence-corrected chi connectivity index (χ4v) is 6.29. The van der Waals surface area contributed by atoms with Crippen molar-refractivity contribution in [3.05, 3.63) is 113 Å². The number of aromatic hydroxyl groups is 1. The third kappa shape index (κ3) is 5.03. The molecule has 0 spiro atoms. The van der Waals surface area contributed by atoms with E-state index >= 15 is 0 Å². The quantitative estimate of drug-likeness (QED) is 0.237. The molecule has 1 aliphatic carbocycles. The average Bonchev–Trinajstić information content (AvgIpc) is 3.09. The lowest BCUT2D eigenvalue weighted by Gasteiger charge is -2.37. The van der Waals surface area contributed by atoms with Crippen molar-refractivity contribution in [2.45, 2.75) is 39.7 Å². The topological polar surface area (TPSA) is 78.9 Å². The van der Waals surface area contributed by atoms with Gasteiger partial charge >= 0.3 is 0 Å². The molecule has 6 nitrogen and oxygen atoms in total. The molecule has 0 saturated carbocycles. The second kappa shape index (κ2) is 10.7. The third-order valence-electron chi connectivity index (χ3n) is 7.81. The van der Waals surface area contributed by atoms with Crippen LogP contribution >= 0.6 is 11.6 Å². The number of benzene rings is 4. The Labute approximate surface area is 250 Å². The van der Waals surface area contributed by atoms with Crippen LogP contribution in [0.1, 0.15) is 45.2 Å². The Morgan fingerprint density at radius 2 is 1.71 bits per heavy atom. The number of anilines is 2. The van der Waals surface area contributed by atoms with Gasteiger partial charge in [0.05, 0.1) is 11.7 Å². The van der Waals surface area contributed by atoms with Crippen molar-refractivity contribution < 1.29 is 19.4 Å². The molecule has 212 valence electrons. The summed E-state index contributed by atoms with van der Waals surface area (Å²) in [6.45, 7) is 5.53. The van der Waals surface area contributed by atoms with Crippen LogP contribution in [0.15, 0.2) is 102 Å². The maximum Gasteiger partial charge on any atom is 0.224 e. The van der Waals surface area contributed by atoms with E-state index in [4.69, 9.17) is 16.3 Å². The molecule has 4 aromatic carbocycles. The summed E-state index contributed by atoms with van der Waals surface area (Å²) in [5, 5.41) is 14.5. The molecule has 0 saturated heterocycles. The molecule has 0 radical (unpaired) electrons. The standard InChI is InChI=1S/C35H31ClN2O4/c1-21(39)38-28-13-9-14-29(40)33(28)37-27-19-35(2,3)20-30(41)32(27)34(38)25-17-16-23(18-26(25)36)42-31-15-8-7-12-24(31)22-10-5-4-6-11-22/h4-18,34,37,40H,19-20H2,1-3H3. The number of nitrogens with zero attached hydrogens (tertiary/aromatic N) is 1. The number of halogens is 1. The highest BCUT2D eigenvalue weighted by molar-refractivity contribution is 6.31. The van der Waals surface area contributed by atoms with E-state index in [-0.39, 0.29) is 22.9 Å². The van der Waals surface area contributed by atoms with E-state index in [1.54, 1.807) is 35.2 Å². The lowest BCUT2D eigenvalue weighted by Crippen LogP contribution is -2.38. The van der Waals surface area contributed by atoms with Gasteiger partial charge in [-0.25, -0.2) is 0 Å². The second-order valence-electron chi connectivity index (χ2n) is 11.6. The first kappa shape index (κ1) is 27.6. The number of carbonyl (C=O) groups is 2. The van der Waals surface area contributed by atoms with Crippen molar-refractivity contribution in [2.75, 3.05) is 10.2 Å². The summed E-state index contributed by atoms with van der Waals surface area (Å²) >= 11 is 6.98. The van der Waals surface area contributed by atoms with Crippen LogP contribution in [0.25, 0.3) is 11.1 Å². The number of carbonyl (C=O) groups excluding carboxylic acids is 2. The van der Waals surface area contributed by atoms with Crippen molar-refractivity contribution >= 4 is 34.7 Å². The Balaban J connectivity index is 1.47.